The standard InChI is InChI=1S/C16H16O5.C7H6F3NO/c1-11-13(14(17)18)8-5-9-16(11,15(19)20)21-10-12-6-3-2-4-7-12;8-7(9,10)5-11-3-1-6(12)2-4-11/h2-9,11H,10H2,1H3,(H,17,18)(H,19,20);1-4H,5H2. The molecule has 0 bridgehead atoms. The third-order valence-electron chi connectivity index (χ3n) is 4.85. The van der Waals surface area contributed by atoms with Gasteiger partial charge in [0.25, 0.3) is 0 Å². The molecule has 0 spiro atoms. The second kappa shape index (κ2) is 10.8. The van der Waals surface area contributed by atoms with Gasteiger partial charge in [0, 0.05) is 36.0 Å². The molecule has 0 fully saturated rings. The molecule has 0 saturated heterocycles. The molecule has 1 aromatic carbocycles. The molecule has 2 unspecified atom stereocenters. The van der Waals surface area contributed by atoms with Crippen molar-refractivity contribution in [3.05, 3.63) is 94.4 Å². The number of aliphatic carboxylic acids is 2. The molecule has 0 saturated carbocycles. The maximum Gasteiger partial charge on any atom is 0.406 e. The normalized spacial score (nSPS) is 19.8. The van der Waals surface area contributed by atoms with E-state index in [1.807, 2.05) is 30.3 Å². The van der Waals surface area contributed by atoms with Crippen LogP contribution in [0.25, 0.3) is 0 Å². The van der Waals surface area contributed by atoms with E-state index < -0.39 is 36.2 Å². The largest absolute Gasteiger partial charge is 0.479 e. The Kier molecular flexibility index (Phi) is 8.36. The smallest absolute Gasteiger partial charge is 0.406 e. The number of carboxylic acids is 2. The van der Waals surface area contributed by atoms with Crippen molar-refractivity contribution in [2.45, 2.75) is 31.9 Å². The number of aromatic nitrogens is 1. The van der Waals surface area contributed by atoms with E-state index in [-0.39, 0.29) is 17.6 Å². The highest BCUT2D eigenvalue weighted by Crippen LogP contribution is 2.34. The van der Waals surface area contributed by atoms with Gasteiger partial charge < -0.3 is 19.5 Å². The zero-order valence-electron chi connectivity index (χ0n) is 17.5. The lowest BCUT2D eigenvalue weighted by Gasteiger charge is -2.34. The summed E-state index contributed by atoms with van der Waals surface area (Å²) in [7, 11) is 0. The van der Waals surface area contributed by atoms with Gasteiger partial charge in [0.2, 0.25) is 0 Å². The first kappa shape index (κ1) is 25.6. The van der Waals surface area contributed by atoms with Gasteiger partial charge in [-0.15, -0.1) is 0 Å². The monoisotopic (exact) mass is 465 g/mol. The molecule has 7 nitrogen and oxygen atoms in total. The second-order valence-corrected chi connectivity index (χ2v) is 7.20. The fraction of sp³-hybridized carbons (Fsp3) is 0.261. The van der Waals surface area contributed by atoms with Gasteiger partial charge in [0.1, 0.15) is 6.54 Å². The van der Waals surface area contributed by atoms with E-state index in [9.17, 15) is 32.7 Å². The Morgan fingerprint density at radius 1 is 1.09 bits per heavy atom. The summed E-state index contributed by atoms with van der Waals surface area (Å²) in [4.78, 5) is 33.4. The summed E-state index contributed by atoms with van der Waals surface area (Å²) in [6.45, 7) is 0.574. The van der Waals surface area contributed by atoms with Crippen LogP contribution < -0.4 is 5.43 Å². The molecule has 1 aliphatic rings. The average Bonchev–Trinajstić information content (AvgIpc) is 2.74. The van der Waals surface area contributed by atoms with Crippen LogP contribution in [0.15, 0.2) is 83.5 Å². The van der Waals surface area contributed by atoms with Crippen molar-refractivity contribution >= 4 is 11.9 Å². The number of benzene rings is 1. The Morgan fingerprint density at radius 2 is 1.70 bits per heavy atom. The third-order valence-corrected chi connectivity index (χ3v) is 4.85. The predicted octanol–water partition coefficient (Wildman–Crippen LogP) is 3.65. The summed E-state index contributed by atoms with van der Waals surface area (Å²) in [5, 5.41) is 18.7. The Morgan fingerprint density at radius 3 is 2.21 bits per heavy atom. The number of pyridine rings is 1. The topological polar surface area (TPSA) is 106 Å². The maximum absolute atomic E-state index is 11.7. The summed E-state index contributed by atoms with van der Waals surface area (Å²) >= 11 is 0. The fourth-order valence-corrected chi connectivity index (χ4v) is 3.10. The zero-order valence-corrected chi connectivity index (χ0v) is 17.5. The van der Waals surface area contributed by atoms with Crippen molar-refractivity contribution < 1.29 is 37.7 Å². The summed E-state index contributed by atoms with van der Waals surface area (Å²) < 4.78 is 41.8. The highest BCUT2D eigenvalue weighted by molar-refractivity contribution is 5.92. The molecular formula is C23H22F3NO6. The molecule has 2 aromatic rings. The molecule has 2 N–H and O–H groups in total. The molecule has 0 radical (unpaired) electrons. The van der Waals surface area contributed by atoms with E-state index in [0.717, 1.165) is 34.7 Å². The van der Waals surface area contributed by atoms with Gasteiger partial charge in [-0.05, 0) is 11.6 Å². The summed E-state index contributed by atoms with van der Waals surface area (Å²) in [6.07, 6.45) is 2.19. The average molecular weight is 465 g/mol. The lowest BCUT2D eigenvalue weighted by atomic mass is 9.79. The molecule has 176 valence electrons. The van der Waals surface area contributed by atoms with Gasteiger partial charge in [0.05, 0.1) is 6.61 Å². The fourth-order valence-electron chi connectivity index (χ4n) is 3.10. The van der Waals surface area contributed by atoms with E-state index in [1.165, 1.54) is 18.2 Å². The number of hydrogen-bond donors (Lipinski definition) is 2. The highest BCUT2D eigenvalue weighted by Gasteiger charge is 2.47. The Balaban J connectivity index is 0.000000273. The SMILES string of the molecule is CC1C(C(=O)O)=CC=CC1(OCc1ccccc1)C(=O)O.O=c1ccn(CC(F)(F)F)cc1. The first-order chi connectivity index (χ1) is 15.4. The van der Waals surface area contributed by atoms with Crippen LogP contribution in [0.4, 0.5) is 13.2 Å². The molecule has 3 rings (SSSR count). The van der Waals surface area contributed by atoms with Gasteiger partial charge in [-0.25, -0.2) is 9.59 Å². The number of rotatable bonds is 6. The molecule has 0 aliphatic heterocycles. The molecule has 10 heteroatoms. The first-order valence-corrected chi connectivity index (χ1v) is 9.71. The number of halogens is 3. The molecule has 2 atom stereocenters. The van der Waals surface area contributed by atoms with E-state index in [2.05, 4.69) is 0 Å². The van der Waals surface area contributed by atoms with E-state index in [4.69, 9.17) is 9.84 Å². The van der Waals surface area contributed by atoms with Crippen LogP contribution in [0.1, 0.15) is 12.5 Å². The number of alkyl halides is 3. The van der Waals surface area contributed by atoms with Crippen LogP contribution in [0.2, 0.25) is 0 Å². The number of carbonyl (C=O) groups is 2. The number of carboxylic acid groups (broad SMARTS) is 2. The minimum atomic E-state index is -4.24. The predicted molar refractivity (Wildman–Crippen MR) is 112 cm³/mol. The zero-order chi connectivity index (χ0) is 24.6. The van der Waals surface area contributed by atoms with Crippen LogP contribution >= 0.6 is 0 Å². The van der Waals surface area contributed by atoms with Crippen molar-refractivity contribution in [2.75, 3.05) is 0 Å². The molecular weight excluding hydrogens is 443 g/mol. The molecule has 1 aliphatic carbocycles. The minimum Gasteiger partial charge on any atom is -0.479 e. The summed E-state index contributed by atoms with van der Waals surface area (Å²) in [6, 6.07) is 11.3. The maximum atomic E-state index is 11.7. The summed E-state index contributed by atoms with van der Waals surface area (Å²) in [5.41, 5.74) is -1.12. The molecule has 0 amide bonds. The van der Waals surface area contributed by atoms with E-state index in [1.54, 1.807) is 6.92 Å². The number of nitrogens with zero attached hydrogens (tertiary/aromatic N) is 1. The van der Waals surface area contributed by atoms with Gasteiger partial charge >= 0.3 is 18.1 Å². The summed E-state index contributed by atoms with van der Waals surface area (Å²) in [5.74, 6) is -3.13. The van der Waals surface area contributed by atoms with Gasteiger partial charge in [-0.1, -0.05) is 49.4 Å². The van der Waals surface area contributed by atoms with E-state index >= 15 is 0 Å². The van der Waals surface area contributed by atoms with Crippen LogP contribution in [0, 0.1) is 5.92 Å². The Bertz CT molecular complexity index is 1070. The molecule has 1 aromatic heterocycles. The van der Waals surface area contributed by atoms with Crippen LogP contribution in [-0.4, -0.2) is 38.5 Å². The van der Waals surface area contributed by atoms with Crippen molar-refractivity contribution in [3.63, 3.8) is 0 Å². The van der Waals surface area contributed by atoms with Crippen LogP contribution in [-0.2, 0) is 27.5 Å². The Labute approximate surface area is 187 Å². The molecule has 33 heavy (non-hydrogen) atoms. The lowest BCUT2D eigenvalue weighted by molar-refractivity contribution is -0.166. The van der Waals surface area contributed by atoms with Crippen molar-refractivity contribution in [1.82, 2.24) is 4.57 Å². The van der Waals surface area contributed by atoms with Crippen LogP contribution in [0.5, 0.6) is 0 Å². The quantitative estimate of drug-likeness (QED) is 0.675. The number of ether oxygens (including phenoxy) is 1. The van der Waals surface area contributed by atoms with E-state index in [0.29, 0.717) is 0 Å². The number of hydrogen-bond acceptors (Lipinski definition) is 4. The van der Waals surface area contributed by atoms with Gasteiger partial charge in [0.15, 0.2) is 11.0 Å². The Hall–Kier alpha value is -3.66. The first-order valence-electron chi connectivity index (χ1n) is 9.71. The minimum absolute atomic E-state index is 0.0213. The second-order valence-electron chi connectivity index (χ2n) is 7.20. The van der Waals surface area contributed by atoms with Crippen molar-refractivity contribution in [1.29, 1.82) is 0 Å². The van der Waals surface area contributed by atoms with Crippen LogP contribution in [0.3, 0.4) is 0 Å². The lowest BCUT2D eigenvalue weighted by Crippen LogP contribution is -2.48. The third kappa shape index (κ3) is 7.18. The van der Waals surface area contributed by atoms with Crippen molar-refractivity contribution in [2.24, 2.45) is 5.92 Å². The highest BCUT2D eigenvalue weighted by atomic mass is 19.4. The number of allylic oxidation sites excluding steroid dienone is 2. The molecule has 1 heterocycles. The van der Waals surface area contributed by atoms with Gasteiger partial charge in [-0.2, -0.15) is 13.2 Å². The van der Waals surface area contributed by atoms with Gasteiger partial charge in [-0.3, -0.25) is 4.79 Å². The van der Waals surface area contributed by atoms with Crippen molar-refractivity contribution in [3.8, 4) is 0 Å².